The first kappa shape index (κ1) is 10.2. The van der Waals surface area contributed by atoms with Crippen LogP contribution in [0.2, 0.25) is 0 Å². The van der Waals surface area contributed by atoms with Crippen molar-refractivity contribution < 1.29 is 12.9 Å². The van der Waals surface area contributed by atoms with Crippen molar-refractivity contribution in [2.75, 3.05) is 0 Å². The maximum absolute atomic E-state index is 10.1. The zero-order chi connectivity index (χ0) is 9.84. The number of nitrogens with zero attached hydrogens (tertiary/aromatic N) is 2. The van der Waals surface area contributed by atoms with Crippen LogP contribution in [0.25, 0.3) is 0 Å². The zero-order valence-electron chi connectivity index (χ0n) is 7.31. The van der Waals surface area contributed by atoms with Crippen LogP contribution in [0.1, 0.15) is 17.2 Å². The third kappa shape index (κ3) is 3.58. The smallest absolute Gasteiger partial charge is 0.155 e. The predicted octanol–water partition coefficient (Wildman–Crippen LogP) is 0.404. The van der Waals surface area contributed by atoms with Crippen LogP contribution in [0.4, 0.5) is 0 Å². The van der Waals surface area contributed by atoms with Gasteiger partial charge in [-0.1, -0.05) is 0 Å². The summed E-state index contributed by atoms with van der Waals surface area (Å²) in [6, 6.07) is 1.80. The highest BCUT2D eigenvalue weighted by atomic mass is 32.2. The van der Waals surface area contributed by atoms with Crippen molar-refractivity contribution in [1.29, 1.82) is 0 Å². The van der Waals surface area contributed by atoms with E-state index in [9.17, 15) is 8.76 Å². The van der Waals surface area contributed by atoms with Crippen molar-refractivity contribution in [1.82, 2.24) is 9.97 Å². The van der Waals surface area contributed by atoms with E-state index in [2.05, 4.69) is 14.2 Å². The van der Waals surface area contributed by atoms with Crippen LogP contribution < -0.4 is 0 Å². The van der Waals surface area contributed by atoms with E-state index in [-0.39, 0.29) is 6.61 Å². The summed E-state index contributed by atoms with van der Waals surface area (Å²) in [5.74, 6) is 0.377. The zero-order valence-corrected chi connectivity index (χ0v) is 8.13. The summed E-state index contributed by atoms with van der Waals surface area (Å²) in [6.45, 7) is 3.51. The Morgan fingerprint density at radius 2 is 2.00 bits per heavy atom. The largest absolute Gasteiger partial charge is 0.750 e. The van der Waals surface area contributed by atoms with Gasteiger partial charge in [0.25, 0.3) is 0 Å². The SMILES string of the molecule is Cc1cc(C)nc(COS(=O)[O-])n1. The van der Waals surface area contributed by atoms with Crippen LogP contribution in [-0.4, -0.2) is 18.7 Å². The summed E-state index contributed by atoms with van der Waals surface area (Å²) in [5, 5.41) is 0. The molecule has 1 heterocycles. The Hall–Kier alpha value is -0.850. The van der Waals surface area contributed by atoms with Crippen LogP contribution in [-0.2, 0) is 22.2 Å². The fourth-order valence-electron chi connectivity index (χ4n) is 0.964. The van der Waals surface area contributed by atoms with Gasteiger partial charge in [-0.2, -0.15) is 0 Å². The topological polar surface area (TPSA) is 75.1 Å². The quantitative estimate of drug-likeness (QED) is 0.662. The van der Waals surface area contributed by atoms with E-state index in [1.54, 1.807) is 6.07 Å². The van der Waals surface area contributed by atoms with Crippen LogP contribution in [0, 0.1) is 13.8 Å². The average molecular weight is 201 g/mol. The molecule has 1 aromatic heterocycles. The van der Waals surface area contributed by atoms with E-state index < -0.39 is 11.4 Å². The van der Waals surface area contributed by atoms with Crippen molar-refractivity contribution >= 4 is 11.4 Å². The average Bonchev–Trinajstić information content (AvgIpc) is 1.99. The van der Waals surface area contributed by atoms with E-state index in [1.165, 1.54) is 0 Å². The lowest BCUT2D eigenvalue weighted by atomic mass is 10.3. The molecule has 13 heavy (non-hydrogen) atoms. The second kappa shape index (κ2) is 4.40. The van der Waals surface area contributed by atoms with E-state index >= 15 is 0 Å². The van der Waals surface area contributed by atoms with Gasteiger partial charge in [0.2, 0.25) is 0 Å². The van der Waals surface area contributed by atoms with E-state index in [4.69, 9.17) is 0 Å². The van der Waals surface area contributed by atoms with Crippen molar-refractivity contribution in [2.24, 2.45) is 0 Å². The standard InChI is InChI=1S/C7H10N2O3S/c1-5-3-6(2)9-7(8-5)4-12-13(10)11/h3H,4H2,1-2H3,(H,10,11)/p-1. The molecule has 0 saturated carbocycles. The molecule has 0 bridgehead atoms. The second-order valence-corrected chi connectivity index (χ2v) is 3.18. The summed E-state index contributed by atoms with van der Waals surface area (Å²) in [6.07, 6.45) is 0. The Labute approximate surface area is 78.7 Å². The molecule has 1 rings (SSSR count). The van der Waals surface area contributed by atoms with Crippen LogP contribution in [0.15, 0.2) is 6.07 Å². The highest BCUT2D eigenvalue weighted by Gasteiger charge is 1.99. The third-order valence-corrected chi connectivity index (χ3v) is 1.62. The van der Waals surface area contributed by atoms with Gasteiger partial charge in [0.15, 0.2) is 5.82 Å². The molecular formula is C7H9N2O3S-. The molecule has 0 aromatic carbocycles. The fraction of sp³-hybridized carbons (Fsp3) is 0.429. The van der Waals surface area contributed by atoms with Gasteiger partial charge in [-0.15, -0.1) is 0 Å². The molecule has 1 atom stereocenters. The Morgan fingerprint density at radius 3 is 2.46 bits per heavy atom. The minimum atomic E-state index is -2.51. The molecular weight excluding hydrogens is 192 g/mol. The monoisotopic (exact) mass is 201 g/mol. The lowest BCUT2D eigenvalue weighted by molar-refractivity contribution is 0.282. The Morgan fingerprint density at radius 1 is 1.46 bits per heavy atom. The molecule has 72 valence electrons. The summed E-state index contributed by atoms with van der Waals surface area (Å²) in [4.78, 5) is 7.99. The molecule has 0 aliphatic carbocycles. The summed E-state index contributed by atoms with van der Waals surface area (Å²) in [7, 11) is 0. The first-order valence-corrected chi connectivity index (χ1v) is 4.61. The van der Waals surface area contributed by atoms with Crippen LogP contribution in [0.3, 0.4) is 0 Å². The summed E-state index contributed by atoms with van der Waals surface area (Å²) >= 11 is -2.51. The Bertz CT molecular complexity index is 309. The highest BCUT2D eigenvalue weighted by molar-refractivity contribution is 7.74. The summed E-state index contributed by atoms with van der Waals surface area (Å²) < 4.78 is 24.5. The molecule has 0 aliphatic heterocycles. The van der Waals surface area contributed by atoms with Gasteiger partial charge in [0, 0.05) is 11.4 Å². The van der Waals surface area contributed by atoms with Gasteiger partial charge in [0.05, 0.1) is 11.4 Å². The molecule has 1 aromatic rings. The number of rotatable bonds is 3. The lowest BCUT2D eigenvalue weighted by Crippen LogP contribution is -2.03. The second-order valence-electron chi connectivity index (χ2n) is 2.53. The van der Waals surface area contributed by atoms with Crippen LogP contribution >= 0.6 is 0 Å². The molecule has 0 fully saturated rings. The molecule has 0 amide bonds. The lowest BCUT2D eigenvalue weighted by Gasteiger charge is -2.05. The first-order chi connectivity index (χ1) is 6.08. The van der Waals surface area contributed by atoms with Crippen molar-refractivity contribution in [3.8, 4) is 0 Å². The van der Waals surface area contributed by atoms with E-state index in [0.717, 1.165) is 11.4 Å². The van der Waals surface area contributed by atoms with Gasteiger partial charge in [-0.3, -0.25) is 4.18 Å². The maximum atomic E-state index is 10.1. The number of aryl methyl sites for hydroxylation is 2. The van der Waals surface area contributed by atoms with E-state index in [0.29, 0.717) is 5.82 Å². The molecule has 0 radical (unpaired) electrons. The number of hydrogen-bond donors (Lipinski definition) is 0. The van der Waals surface area contributed by atoms with Gasteiger partial charge in [-0.05, 0) is 19.9 Å². The van der Waals surface area contributed by atoms with Crippen molar-refractivity contribution in [3.05, 3.63) is 23.3 Å². The molecule has 0 N–H and O–H groups in total. The third-order valence-electron chi connectivity index (χ3n) is 1.31. The Kier molecular flexibility index (Phi) is 3.47. The molecule has 0 aliphatic rings. The highest BCUT2D eigenvalue weighted by Crippen LogP contribution is 2.00. The minimum absolute atomic E-state index is 0.112. The van der Waals surface area contributed by atoms with Crippen molar-refractivity contribution in [2.45, 2.75) is 20.5 Å². The van der Waals surface area contributed by atoms with E-state index in [1.807, 2.05) is 13.8 Å². The number of aromatic nitrogens is 2. The molecule has 0 saturated heterocycles. The van der Waals surface area contributed by atoms with Gasteiger partial charge in [0.1, 0.15) is 6.61 Å². The predicted molar refractivity (Wildman–Crippen MR) is 45.2 cm³/mol. The van der Waals surface area contributed by atoms with Gasteiger partial charge in [-0.25, -0.2) is 14.2 Å². The molecule has 1 unspecified atom stereocenters. The minimum Gasteiger partial charge on any atom is -0.750 e. The maximum Gasteiger partial charge on any atom is 0.155 e. The van der Waals surface area contributed by atoms with Crippen LogP contribution in [0.5, 0.6) is 0 Å². The first-order valence-electron chi connectivity index (χ1n) is 3.61. The van der Waals surface area contributed by atoms with Crippen molar-refractivity contribution in [3.63, 3.8) is 0 Å². The normalized spacial score (nSPS) is 12.8. The van der Waals surface area contributed by atoms with Gasteiger partial charge >= 0.3 is 0 Å². The fourth-order valence-corrected chi connectivity index (χ4v) is 1.17. The van der Waals surface area contributed by atoms with Gasteiger partial charge < -0.3 is 4.55 Å². The molecule has 6 heteroatoms. The molecule has 0 spiro atoms. The number of hydrogen-bond acceptors (Lipinski definition) is 5. The molecule has 5 nitrogen and oxygen atoms in total. The Balaban J connectivity index is 2.71. The summed E-state index contributed by atoms with van der Waals surface area (Å²) in [5.41, 5.74) is 1.59.